The number of methoxy groups -OCH3 is 1. The van der Waals surface area contributed by atoms with Crippen molar-refractivity contribution >= 4 is 11.6 Å². The van der Waals surface area contributed by atoms with Crippen molar-refractivity contribution in [1.82, 2.24) is 5.16 Å². The average Bonchev–Trinajstić information content (AvgIpc) is 2.84. The molecule has 2 aromatic rings. The van der Waals surface area contributed by atoms with Crippen LogP contribution in [0.4, 0.5) is 5.69 Å². The zero-order valence-electron chi connectivity index (χ0n) is 12.5. The fourth-order valence-corrected chi connectivity index (χ4v) is 2.83. The Labute approximate surface area is 123 Å². The topological polar surface area (TPSA) is 55.6 Å². The number of anilines is 1. The summed E-state index contributed by atoms with van der Waals surface area (Å²) in [5.74, 6) is 1.34. The van der Waals surface area contributed by atoms with Crippen LogP contribution < -0.4 is 9.64 Å². The Hall–Kier alpha value is -2.30. The average molecular weight is 286 g/mol. The first kappa shape index (κ1) is 13.7. The van der Waals surface area contributed by atoms with Crippen molar-refractivity contribution in [3.8, 4) is 5.75 Å². The number of hydrogen-bond acceptors (Lipinski definition) is 4. The summed E-state index contributed by atoms with van der Waals surface area (Å²) >= 11 is 0. The van der Waals surface area contributed by atoms with Crippen molar-refractivity contribution in [3.05, 3.63) is 40.8 Å². The number of benzene rings is 1. The van der Waals surface area contributed by atoms with E-state index in [0.29, 0.717) is 23.6 Å². The number of nitrogens with zero attached hydrogens (tertiary/aromatic N) is 2. The van der Waals surface area contributed by atoms with E-state index in [1.165, 1.54) is 0 Å². The highest BCUT2D eigenvalue weighted by Crippen LogP contribution is 2.32. The van der Waals surface area contributed by atoms with Gasteiger partial charge in [-0.05, 0) is 50.5 Å². The van der Waals surface area contributed by atoms with E-state index in [2.05, 4.69) is 5.16 Å². The third-order valence-corrected chi connectivity index (χ3v) is 3.90. The van der Waals surface area contributed by atoms with Crippen LogP contribution in [-0.2, 0) is 6.42 Å². The molecule has 0 bridgehead atoms. The first-order chi connectivity index (χ1) is 10.1. The molecule has 5 heteroatoms. The molecule has 0 aliphatic carbocycles. The van der Waals surface area contributed by atoms with Crippen LogP contribution in [0.25, 0.3) is 0 Å². The van der Waals surface area contributed by atoms with Gasteiger partial charge in [0.1, 0.15) is 17.1 Å². The molecule has 0 fully saturated rings. The minimum absolute atomic E-state index is 0.0441. The number of amides is 1. The second-order valence-corrected chi connectivity index (χ2v) is 5.25. The van der Waals surface area contributed by atoms with Gasteiger partial charge in [0.2, 0.25) is 0 Å². The van der Waals surface area contributed by atoms with E-state index in [9.17, 15) is 4.79 Å². The zero-order chi connectivity index (χ0) is 15.0. The lowest BCUT2D eigenvalue weighted by Crippen LogP contribution is -2.36. The summed E-state index contributed by atoms with van der Waals surface area (Å²) in [6, 6.07) is 5.84. The van der Waals surface area contributed by atoms with Crippen LogP contribution >= 0.6 is 0 Å². The maximum absolute atomic E-state index is 12.8. The molecule has 0 radical (unpaired) electrons. The van der Waals surface area contributed by atoms with Crippen molar-refractivity contribution in [2.75, 3.05) is 18.6 Å². The second-order valence-electron chi connectivity index (χ2n) is 5.25. The molecule has 0 saturated heterocycles. The van der Waals surface area contributed by atoms with Crippen molar-refractivity contribution in [3.63, 3.8) is 0 Å². The maximum Gasteiger partial charge on any atom is 0.263 e. The minimum atomic E-state index is -0.0441. The van der Waals surface area contributed by atoms with Gasteiger partial charge in [-0.25, -0.2) is 0 Å². The monoisotopic (exact) mass is 286 g/mol. The van der Waals surface area contributed by atoms with Gasteiger partial charge in [0.15, 0.2) is 0 Å². The quantitative estimate of drug-likeness (QED) is 0.851. The molecule has 3 rings (SSSR count). The van der Waals surface area contributed by atoms with Gasteiger partial charge < -0.3 is 14.2 Å². The predicted octanol–water partition coefficient (Wildman–Crippen LogP) is 2.89. The van der Waals surface area contributed by atoms with Gasteiger partial charge in [-0.15, -0.1) is 0 Å². The standard InChI is InChI=1S/C16H18N2O3/c1-10-15(11(2)21-17-10)16(19)18-8-4-5-12-9-13(20-3)6-7-14(12)18/h6-7,9H,4-5,8H2,1-3H3. The summed E-state index contributed by atoms with van der Waals surface area (Å²) < 4.78 is 10.4. The van der Waals surface area contributed by atoms with Gasteiger partial charge in [0.05, 0.1) is 12.8 Å². The lowest BCUT2D eigenvalue weighted by atomic mass is 10.00. The highest BCUT2D eigenvalue weighted by Gasteiger charge is 2.28. The van der Waals surface area contributed by atoms with Gasteiger partial charge in [-0.2, -0.15) is 0 Å². The Bertz CT molecular complexity index is 671. The van der Waals surface area contributed by atoms with E-state index in [4.69, 9.17) is 9.26 Å². The van der Waals surface area contributed by atoms with Crippen molar-refractivity contribution in [1.29, 1.82) is 0 Å². The molecule has 0 spiro atoms. The lowest BCUT2D eigenvalue weighted by molar-refractivity contribution is 0.0983. The first-order valence-electron chi connectivity index (χ1n) is 7.03. The number of ether oxygens (including phenoxy) is 1. The van der Waals surface area contributed by atoms with E-state index in [-0.39, 0.29) is 5.91 Å². The van der Waals surface area contributed by atoms with Crippen LogP contribution in [0.2, 0.25) is 0 Å². The highest BCUT2D eigenvalue weighted by atomic mass is 16.5. The summed E-state index contributed by atoms with van der Waals surface area (Å²) in [5.41, 5.74) is 3.30. The molecule has 0 unspecified atom stereocenters. The molecule has 0 saturated carbocycles. The Morgan fingerprint density at radius 2 is 2.19 bits per heavy atom. The first-order valence-corrected chi connectivity index (χ1v) is 7.03. The zero-order valence-corrected chi connectivity index (χ0v) is 12.5. The minimum Gasteiger partial charge on any atom is -0.497 e. The van der Waals surface area contributed by atoms with Crippen LogP contribution in [0, 0.1) is 13.8 Å². The molecule has 2 heterocycles. The van der Waals surface area contributed by atoms with Crippen LogP contribution in [0.15, 0.2) is 22.7 Å². The predicted molar refractivity (Wildman–Crippen MR) is 79.0 cm³/mol. The molecule has 0 N–H and O–H groups in total. The largest absolute Gasteiger partial charge is 0.497 e. The molecular formula is C16H18N2O3. The highest BCUT2D eigenvalue weighted by molar-refractivity contribution is 6.08. The number of fused-ring (bicyclic) bond motifs is 1. The summed E-state index contributed by atoms with van der Waals surface area (Å²) in [5, 5.41) is 3.87. The Morgan fingerprint density at radius 1 is 1.38 bits per heavy atom. The number of hydrogen-bond donors (Lipinski definition) is 0. The number of carbonyl (C=O) groups excluding carboxylic acids is 1. The normalized spacial score (nSPS) is 14.0. The van der Waals surface area contributed by atoms with Gasteiger partial charge in [-0.1, -0.05) is 5.16 Å². The summed E-state index contributed by atoms with van der Waals surface area (Å²) in [6.07, 6.45) is 1.90. The van der Waals surface area contributed by atoms with Crippen LogP contribution in [0.3, 0.4) is 0 Å². The van der Waals surface area contributed by atoms with E-state index in [1.807, 2.05) is 23.1 Å². The fourth-order valence-electron chi connectivity index (χ4n) is 2.83. The van der Waals surface area contributed by atoms with E-state index < -0.39 is 0 Å². The third kappa shape index (κ3) is 2.28. The number of aryl methyl sites for hydroxylation is 3. The van der Waals surface area contributed by atoms with E-state index in [0.717, 1.165) is 29.8 Å². The molecule has 1 aromatic carbocycles. The maximum atomic E-state index is 12.8. The Morgan fingerprint density at radius 3 is 2.86 bits per heavy atom. The van der Waals surface area contributed by atoms with Gasteiger partial charge in [0, 0.05) is 12.2 Å². The van der Waals surface area contributed by atoms with E-state index in [1.54, 1.807) is 21.0 Å². The van der Waals surface area contributed by atoms with Crippen LogP contribution in [0.5, 0.6) is 5.75 Å². The Balaban J connectivity index is 2.00. The molecular weight excluding hydrogens is 268 g/mol. The molecule has 21 heavy (non-hydrogen) atoms. The number of rotatable bonds is 2. The molecule has 1 amide bonds. The number of carbonyl (C=O) groups is 1. The van der Waals surface area contributed by atoms with Crippen molar-refractivity contribution in [2.24, 2.45) is 0 Å². The van der Waals surface area contributed by atoms with Crippen LogP contribution in [0.1, 0.15) is 33.8 Å². The fraction of sp³-hybridized carbons (Fsp3) is 0.375. The van der Waals surface area contributed by atoms with Crippen molar-refractivity contribution in [2.45, 2.75) is 26.7 Å². The Kier molecular flexibility index (Phi) is 3.41. The summed E-state index contributed by atoms with van der Waals surface area (Å²) in [6.45, 7) is 4.27. The van der Waals surface area contributed by atoms with Gasteiger partial charge in [-0.3, -0.25) is 4.79 Å². The SMILES string of the molecule is COc1ccc2c(c1)CCCN2C(=O)c1c(C)noc1C. The van der Waals surface area contributed by atoms with Gasteiger partial charge in [0.25, 0.3) is 5.91 Å². The van der Waals surface area contributed by atoms with Crippen molar-refractivity contribution < 1.29 is 14.1 Å². The molecule has 1 aliphatic rings. The molecule has 5 nitrogen and oxygen atoms in total. The number of aromatic nitrogens is 1. The molecule has 1 aromatic heterocycles. The lowest BCUT2D eigenvalue weighted by Gasteiger charge is -2.29. The third-order valence-electron chi connectivity index (χ3n) is 3.90. The molecule has 0 atom stereocenters. The smallest absolute Gasteiger partial charge is 0.263 e. The molecule has 1 aliphatic heterocycles. The molecule has 110 valence electrons. The van der Waals surface area contributed by atoms with Gasteiger partial charge >= 0.3 is 0 Å². The van der Waals surface area contributed by atoms with Crippen LogP contribution in [-0.4, -0.2) is 24.7 Å². The summed E-state index contributed by atoms with van der Waals surface area (Å²) in [4.78, 5) is 14.6. The second kappa shape index (κ2) is 5.24. The summed E-state index contributed by atoms with van der Waals surface area (Å²) in [7, 11) is 1.65. The van der Waals surface area contributed by atoms with E-state index >= 15 is 0 Å².